The highest BCUT2D eigenvalue weighted by atomic mass is 79.9. The van der Waals surface area contributed by atoms with Crippen molar-refractivity contribution < 1.29 is 4.74 Å². The maximum Gasteiger partial charge on any atom is 0.212 e. The van der Waals surface area contributed by atoms with Crippen LogP contribution in [-0.2, 0) is 4.74 Å². The van der Waals surface area contributed by atoms with Crippen LogP contribution in [0.2, 0.25) is 0 Å². The summed E-state index contributed by atoms with van der Waals surface area (Å²) in [5.74, 6) is 0.192. The molecule has 2 nitrogen and oxygen atoms in total. The zero-order chi connectivity index (χ0) is 8.27. The highest BCUT2D eigenvalue weighted by Crippen LogP contribution is 2.10. The van der Waals surface area contributed by atoms with Crippen LogP contribution in [0.3, 0.4) is 0 Å². The Bertz CT molecular complexity index is 255. The summed E-state index contributed by atoms with van der Waals surface area (Å²) >= 11 is 3.31. The van der Waals surface area contributed by atoms with Gasteiger partial charge in [0.1, 0.15) is 0 Å². The van der Waals surface area contributed by atoms with E-state index >= 15 is 0 Å². The van der Waals surface area contributed by atoms with Gasteiger partial charge in [-0.05, 0) is 24.3 Å². The highest BCUT2D eigenvalue weighted by molar-refractivity contribution is 9.10. The first-order valence-electron chi connectivity index (χ1n) is 3.12. The molecule has 0 radical (unpaired) electrons. The van der Waals surface area contributed by atoms with Crippen LogP contribution in [0.4, 0.5) is 0 Å². The van der Waals surface area contributed by atoms with Crippen LogP contribution < -0.4 is 0 Å². The molecule has 0 heterocycles. The zero-order valence-electron chi connectivity index (χ0n) is 6.10. The van der Waals surface area contributed by atoms with Gasteiger partial charge in [-0.25, -0.2) is 0 Å². The Morgan fingerprint density at radius 2 is 1.91 bits per heavy atom. The standard InChI is InChI=1S/C8H8BrNO/c1-11-8(10)6-2-4-7(9)5-3-6/h2-5,10H,1H3. The predicted octanol–water partition coefficient (Wildman–Crippen LogP) is 2.42. The van der Waals surface area contributed by atoms with Crippen LogP contribution in [0.25, 0.3) is 0 Å². The molecule has 0 amide bonds. The Morgan fingerprint density at radius 3 is 2.36 bits per heavy atom. The van der Waals surface area contributed by atoms with Crippen molar-refractivity contribution in [2.24, 2.45) is 0 Å². The Labute approximate surface area is 73.8 Å². The number of ether oxygens (including phenoxy) is 1. The molecule has 1 rings (SSSR count). The van der Waals surface area contributed by atoms with Gasteiger partial charge in [0.05, 0.1) is 7.11 Å². The molecule has 1 N–H and O–H groups in total. The fourth-order valence-corrected chi connectivity index (χ4v) is 0.983. The Kier molecular flexibility index (Phi) is 2.65. The second kappa shape index (κ2) is 3.53. The summed E-state index contributed by atoms with van der Waals surface area (Å²) in [4.78, 5) is 0. The van der Waals surface area contributed by atoms with E-state index in [0.29, 0.717) is 0 Å². The molecule has 58 valence electrons. The topological polar surface area (TPSA) is 33.1 Å². The summed E-state index contributed by atoms with van der Waals surface area (Å²) in [6, 6.07) is 7.41. The van der Waals surface area contributed by atoms with Gasteiger partial charge in [-0.15, -0.1) is 0 Å². The van der Waals surface area contributed by atoms with Gasteiger partial charge in [0, 0.05) is 10.0 Å². The maximum atomic E-state index is 7.31. The van der Waals surface area contributed by atoms with Crippen molar-refractivity contribution in [2.75, 3.05) is 7.11 Å². The van der Waals surface area contributed by atoms with Crippen molar-refractivity contribution >= 4 is 21.8 Å². The van der Waals surface area contributed by atoms with Crippen LogP contribution in [0, 0.1) is 5.41 Å². The molecule has 0 aliphatic rings. The highest BCUT2D eigenvalue weighted by Gasteiger charge is 1.97. The lowest BCUT2D eigenvalue weighted by atomic mass is 10.2. The van der Waals surface area contributed by atoms with Gasteiger partial charge >= 0.3 is 0 Å². The molecule has 1 aromatic carbocycles. The van der Waals surface area contributed by atoms with Crippen molar-refractivity contribution in [1.29, 1.82) is 5.41 Å². The summed E-state index contributed by atoms with van der Waals surface area (Å²) in [5, 5.41) is 7.31. The number of hydrogen-bond donors (Lipinski definition) is 1. The minimum atomic E-state index is 0.192. The summed E-state index contributed by atoms with van der Waals surface area (Å²) in [7, 11) is 1.49. The number of methoxy groups -OCH3 is 1. The summed E-state index contributed by atoms with van der Waals surface area (Å²) in [6.45, 7) is 0. The average Bonchev–Trinajstić information content (AvgIpc) is 2.05. The number of benzene rings is 1. The monoisotopic (exact) mass is 213 g/mol. The third-order valence-electron chi connectivity index (χ3n) is 1.31. The maximum absolute atomic E-state index is 7.31. The lowest BCUT2D eigenvalue weighted by Gasteiger charge is -2.00. The quantitative estimate of drug-likeness (QED) is 0.565. The second-order valence-corrected chi connectivity index (χ2v) is 2.96. The fraction of sp³-hybridized carbons (Fsp3) is 0.125. The molecule has 11 heavy (non-hydrogen) atoms. The fourth-order valence-electron chi connectivity index (χ4n) is 0.719. The van der Waals surface area contributed by atoms with Gasteiger partial charge in [-0.2, -0.15) is 0 Å². The van der Waals surface area contributed by atoms with E-state index < -0.39 is 0 Å². The van der Waals surface area contributed by atoms with Crippen molar-refractivity contribution in [3.8, 4) is 0 Å². The van der Waals surface area contributed by atoms with E-state index in [4.69, 9.17) is 10.1 Å². The molecule has 0 saturated carbocycles. The minimum Gasteiger partial charge on any atom is -0.481 e. The van der Waals surface area contributed by atoms with Crippen molar-refractivity contribution in [2.45, 2.75) is 0 Å². The van der Waals surface area contributed by atoms with Crippen LogP contribution in [0.5, 0.6) is 0 Å². The van der Waals surface area contributed by atoms with Crippen molar-refractivity contribution in [1.82, 2.24) is 0 Å². The van der Waals surface area contributed by atoms with E-state index in [1.165, 1.54) is 7.11 Å². The minimum absolute atomic E-state index is 0.192. The van der Waals surface area contributed by atoms with Crippen LogP contribution in [0.15, 0.2) is 28.7 Å². The first-order chi connectivity index (χ1) is 5.24. The van der Waals surface area contributed by atoms with E-state index in [-0.39, 0.29) is 5.90 Å². The van der Waals surface area contributed by atoms with Crippen LogP contribution in [0.1, 0.15) is 5.56 Å². The lowest BCUT2D eigenvalue weighted by Crippen LogP contribution is -1.99. The third-order valence-corrected chi connectivity index (χ3v) is 1.84. The lowest BCUT2D eigenvalue weighted by molar-refractivity contribution is 0.401. The average molecular weight is 214 g/mol. The van der Waals surface area contributed by atoms with Gasteiger partial charge in [0.2, 0.25) is 5.90 Å². The van der Waals surface area contributed by atoms with E-state index in [9.17, 15) is 0 Å². The Morgan fingerprint density at radius 1 is 1.36 bits per heavy atom. The molecule has 0 atom stereocenters. The van der Waals surface area contributed by atoms with Crippen LogP contribution in [-0.4, -0.2) is 13.0 Å². The van der Waals surface area contributed by atoms with E-state index in [0.717, 1.165) is 10.0 Å². The smallest absolute Gasteiger partial charge is 0.212 e. The molecular formula is C8H8BrNO. The summed E-state index contributed by atoms with van der Waals surface area (Å²) < 4.78 is 5.75. The molecule has 0 unspecified atom stereocenters. The van der Waals surface area contributed by atoms with Crippen molar-refractivity contribution in [3.63, 3.8) is 0 Å². The number of nitrogens with one attached hydrogen (secondary N) is 1. The summed E-state index contributed by atoms with van der Waals surface area (Å²) in [5.41, 5.74) is 0.788. The second-order valence-electron chi connectivity index (χ2n) is 2.04. The third kappa shape index (κ3) is 2.05. The number of halogens is 1. The molecule has 0 saturated heterocycles. The van der Waals surface area contributed by atoms with Gasteiger partial charge in [-0.1, -0.05) is 15.9 Å². The largest absolute Gasteiger partial charge is 0.481 e. The van der Waals surface area contributed by atoms with Gasteiger partial charge in [0.15, 0.2) is 0 Å². The summed E-state index contributed by atoms with van der Waals surface area (Å²) in [6.07, 6.45) is 0. The van der Waals surface area contributed by atoms with Crippen LogP contribution >= 0.6 is 15.9 Å². The molecular weight excluding hydrogens is 206 g/mol. The molecule has 0 spiro atoms. The molecule has 0 aliphatic carbocycles. The molecule has 0 bridgehead atoms. The molecule has 1 aromatic rings. The molecule has 0 aromatic heterocycles. The molecule has 0 fully saturated rings. The number of rotatable bonds is 1. The Hall–Kier alpha value is -0.830. The van der Waals surface area contributed by atoms with Crippen molar-refractivity contribution in [3.05, 3.63) is 34.3 Å². The first kappa shape index (κ1) is 8.27. The van der Waals surface area contributed by atoms with E-state index in [1.807, 2.05) is 24.3 Å². The first-order valence-corrected chi connectivity index (χ1v) is 3.92. The van der Waals surface area contributed by atoms with Gasteiger partial charge in [-0.3, -0.25) is 5.41 Å². The molecule has 0 aliphatic heterocycles. The number of hydrogen-bond acceptors (Lipinski definition) is 2. The Balaban J connectivity index is 2.90. The molecule has 3 heteroatoms. The SMILES string of the molecule is COC(=N)c1ccc(Br)cc1. The zero-order valence-corrected chi connectivity index (χ0v) is 7.68. The normalized spacial score (nSPS) is 9.27. The van der Waals surface area contributed by atoms with E-state index in [2.05, 4.69) is 15.9 Å². The van der Waals surface area contributed by atoms with Gasteiger partial charge in [0.25, 0.3) is 0 Å². The van der Waals surface area contributed by atoms with E-state index in [1.54, 1.807) is 0 Å². The van der Waals surface area contributed by atoms with Gasteiger partial charge < -0.3 is 4.74 Å². The predicted molar refractivity (Wildman–Crippen MR) is 48.0 cm³/mol.